The lowest BCUT2D eigenvalue weighted by molar-refractivity contribution is -0.138. The van der Waals surface area contributed by atoms with Gasteiger partial charge in [-0.05, 0) is 32.3 Å². The Morgan fingerprint density at radius 3 is 2.95 bits per heavy atom. The fourth-order valence-corrected chi connectivity index (χ4v) is 2.97. The zero-order chi connectivity index (χ0) is 14.7. The maximum absolute atomic E-state index is 12.8. The molecule has 1 aliphatic rings. The zero-order valence-electron chi connectivity index (χ0n) is 12.3. The van der Waals surface area contributed by atoms with Gasteiger partial charge in [0.15, 0.2) is 0 Å². The van der Waals surface area contributed by atoms with Crippen LogP contribution in [0.4, 0.5) is 0 Å². The van der Waals surface area contributed by atoms with Crippen molar-refractivity contribution in [1.82, 2.24) is 24.2 Å². The highest BCUT2D eigenvalue weighted by Crippen LogP contribution is 2.22. The molecule has 3 heterocycles. The number of hydrogen-bond donors (Lipinski definition) is 0. The minimum absolute atomic E-state index is 0.171. The topological polar surface area (TPSA) is 56.0 Å². The molecule has 2 aromatic heterocycles. The minimum atomic E-state index is -0.203. The summed E-state index contributed by atoms with van der Waals surface area (Å²) >= 11 is 0. The van der Waals surface area contributed by atoms with Crippen molar-refractivity contribution in [1.29, 1.82) is 0 Å². The van der Waals surface area contributed by atoms with Gasteiger partial charge in [-0.2, -0.15) is 5.10 Å². The molecule has 0 aliphatic carbocycles. The monoisotopic (exact) mass is 287 g/mol. The van der Waals surface area contributed by atoms with Gasteiger partial charge in [0.2, 0.25) is 5.91 Å². The van der Waals surface area contributed by atoms with Crippen LogP contribution in [0.25, 0.3) is 0 Å². The summed E-state index contributed by atoms with van der Waals surface area (Å²) in [6.07, 6.45) is 12.3. The summed E-state index contributed by atoms with van der Waals surface area (Å²) in [7, 11) is 0. The van der Waals surface area contributed by atoms with Crippen molar-refractivity contribution in [3.63, 3.8) is 0 Å². The molecule has 6 nitrogen and oxygen atoms in total. The fourth-order valence-electron chi connectivity index (χ4n) is 2.97. The van der Waals surface area contributed by atoms with Gasteiger partial charge in [-0.3, -0.25) is 9.48 Å². The molecule has 1 saturated heterocycles. The first-order valence-electron chi connectivity index (χ1n) is 7.51. The molecule has 1 aliphatic heterocycles. The van der Waals surface area contributed by atoms with Gasteiger partial charge in [-0.15, -0.1) is 0 Å². The Kier molecular flexibility index (Phi) is 4.03. The summed E-state index contributed by atoms with van der Waals surface area (Å²) in [5.41, 5.74) is 0. The highest BCUT2D eigenvalue weighted by molar-refractivity contribution is 5.80. The number of imidazole rings is 1. The van der Waals surface area contributed by atoms with Crippen molar-refractivity contribution < 1.29 is 4.79 Å². The van der Waals surface area contributed by atoms with Crippen LogP contribution in [0, 0.1) is 0 Å². The van der Waals surface area contributed by atoms with E-state index in [2.05, 4.69) is 10.1 Å². The average molecular weight is 287 g/mol. The van der Waals surface area contributed by atoms with Crippen molar-refractivity contribution in [2.24, 2.45) is 0 Å². The van der Waals surface area contributed by atoms with Crippen LogP contribution in [-0.2, 0) is 11.3 Å². The Labute approximate surface area is 124 Å². The van der Waals surface area contributed by atoms with Gasteiger partial charge >= 0.3 is 0 Å². The lowest BCUT2D eigenvalue weighted by atomic mass is 10.0. The highest BCUT2D eigenvalue weighted by Gasteiger charge is 2.30. The van der Waals surface area contributed by atoms with Crippen LogP contribution in [0.2, 0.25) is 0 Å². The highest BCUT2D eigenvalue weighted by atomic mass is 16.2. The van der Waals surface area contributed by atoms with E-state index < -0.39 is 0 Å². The zero-order valence-corrected chi connectivity index (χ0v) is 12.3. The Hall–Kier alpha value is -2.11. The lowest BCUT2D eigenvalue weighted by Crippen LogP contribution is -2.48. The summed E-state index contributed by atoms with van der Waals surface area (Å²) in [4.78, 5) is 18.8. The summed E-state index contributed by atoms with van der Waals surface area (Å²) in [6.45, 7) is 3.54. The summed E-state index contributed by atoms with van der Waals surface area (Å²) in [5, 5.41) is 4.26. The van der Waals surface area contributed by atoms with E-state index in [0.717, 1.165) is 25.9 Å². The standard InChI is InChI=1S/C15H21N5O/c1-13(18-10-7-16-12-18)15(21)20-9-3-2-5-14(20)11-19-8-4-6-17-19/h4,6-8,10,12-14H,2-3,5,9,11H2,1H3/t13-,14-/m1/s1. The fraction of sp³-hybridized carbons (Fsp3) is 0.533. The Balaban J connectivity index is 1.72. The number of carbonyl (C=O) groups is 1. The van der Waals surface area contributed by atoms with Crippen molar-refractivity contribution >= 4 is 5.91 Å². The quantitative estimate of drug-likeness (QED) is 0.860. The number of carbonyl (C=O) groups excluding carboxylic acids is 1. The molecule has 3 rings (SSSR count). The average Bonchev–Trinajstić information content (AvgIpc) is 3.19. The predicted molar refractivity (Wildman–Crippen MR) is 78.5 cm³/mol. The van der Waals surface area contributed by atoms with Gasteiger partial charge < -0.3 is 9.47 Å². The number of amides is 1. The van der Waals surface area contributed by atoms with Crippen LogP contribution in [0.15, 0.2) is 37.2 Å². The summed E-state index contributed by atoms with van der Waals surface area (Å²) in [6, 6.07) is 1.95. The molecule has 1 amide bonds. The van der Waals surface area contributed by atoms with Crippen LogP contribution in [-0.4, -0.2) is 42.7 Å². The van der Waals surface area contributed by atoms with Gasteiger partial charge in [0.1, 0.15) is 6.04 Å². The third kappa shape index (κ3) is 2.99. The van der Waals surface area contributed by atoms with Crippen molar-refractivity contribution in [2.45, 2.75) is 44.8 Å². The largest absolute Gasteiger partial charge is 0.336 e. The van der Waals surface area contributed by atoms with Crippen molar-refractivity contribution in [2.75, 3.05) is 6.54 Å². The summed E-state index contributed by atoms with van der Waals surface area (Å²) < 4.78 is 3.78. The first-order valence-corrected chi connectivity index (χ1v) is 7.51. The second kappa shape index (κ2) is 6.11. The molecule has 0 aromatic carbocycles. The van der Waals surface area contributed by atoms with Crippen LogP contribution >= 0.6 is 0 Å². The molecular formula is C15H21N5O. The van der Waals surface area contributed by atoms with E-state index in [0.29, 0.717) is 0 Å². The van der Waals surface area contributed by atoms with Gasteiger partial charge in [-0.25, -0.2) is 4.98 Å². The number of likely N-dealkylation sites (tertiary alicyclic amines) is 1. The van der Waals surface area contributed by atoms with E-state index in [9.17, 15) is 4.79 Å². The molecule has 112 valence electrons. The molecule has 1 fully saturated rings. The van der Waals surface area contributed by atoms with E-state index in [1.165, 1.54) is 6.42 Å². The van der Waals surface area contributed by atoms with Gasteiger partial charge in [0.25, 0.3) is 0 Å². The molecule has 2 aromatic rings. The number of hydrogen-bond acceptors (Lipinski definition) is 3. The van der Waals surface area contributed by atoms with E-state index in [-0.39, 0.29) is 18.0 Å². The van der Waals surface area contributed by atoms with Crippen LogP contribution in [0.1, 0.15) is 32.2 Å². The van der Waals surface area contributed by atoms with E-state index in [1.54, 1.807) is 18.7 Å². The second-order valence-electron chi connectivity index (χ2n) is 5.60. The molecule has 0 radical (unpaired) electrons. The maximum Gasteiger partial charge on any atom is 0.245 e. The third-order valence-corrected chi connectivity index (χ3v) is 4.20. The third-order valence-electron chi connectivity index (χ3n) is 4.20. The molecule has 2 atom stereocenters. The van der Waals surface area contributed by atoms with Gasteiger partial charge in [0, 0.05) is 31.3 Å². The molecule has 0 saturated carbocycles. The second-order valence-corrected chi connectivity index (χ2v) is 5.60. The van der Waals surface area contributed by atoms with Gasteiger partial charge in [-0.1, -0.05) is 0 Å². The lowest BCUT2D eigenvalue weighted by Gasteiger charge is -2.37. The van der Waals surface area contributed by atoms with E-state index in [1.807, 2.05) is 39.5 Å². The van der Waals surface area contributed by atoms with Crippen molar-refractivity contribution in [3.8, 4) is 0 Å². The number of piperidine rings is 1. The Bertz CT molecular complexity index is 563. The summed E-state index contributed by atoms with van der Waals surface area (Å²) in [5.74, 6) is 0.171. The Morgan fingerprint density at radius 2 is 2.24 bits per heavy atom. The molecule has 0 bridgehead atoms. The Morgan fingerprint density at radius 1 is 1.33 bits per heavy atom. The number of rotatable bonds is 4. The molecule has 6 heteroatoms. The van der Waals surface area contributed by atoms with E-state index >= 15 is 0 Å². The van der Waals surface area contributed by atoms with Crippen LogP contribution in [0.5, 0.6) is 0 Å². The predicted octanol–water partition coefficient (Wildman–Crippen LogP) is 1.72. The van der Waals surface area contributed by atoms with Crippen LogP contribution in [0.3, 0.4) is 0 Å². The molecule has 0 N–H and O–H groups in total. The number of aromatic nitrogens is 4. The first kappa shape index (κ1) is 13.9. The molecular weight excluding hydrogens is 266 g/mol. The SMILES string of the molecule is C[C@H](C(=O)N1CCCC[C@@H]1Cn1cccn1)n1ccnc1. The molecule has 21 heavy (non-hydrogen) atoms. The minimum Gasteiger partial charge on any atom is -0.336 e. The smallest absolute Gasteiger partial charge is 0.245 e. The number of nitrogens with zero attached hydrogens (tertiary/aromatic N) is 5. The molecule has 0 spiro atoms. The van der Waals surface area contributed by atoms with Crippen molar-refractivity contribution in [3.05, 3.63) is 37.2 Å². The van der Waals surface area contributed by atoms with Gasteiger partial charge in [0.05, 0.1) is 18.9 Å². The molecule has 0 unspecified atom stereocenters. The van der Waals surface area contributed by atoms with E-state index in [4.69, 9.17) is 0 Å². The maximum atomic E-state index is 12.8. The van der Waals surface area contributed by atoms with Crippen LogP contribution < -0.4 is 0 Å². The normalized spacial score (nSPS) is 20.4. The first-order chi connectivity index (χ1) is 10.3.